The summed E-state index contributed by atoms with van der Waals surface area (Å²) in [6.45, 7) is 4.49. The van der Waals surface area contributed by atoms with E-state index in [-0.39, 0.29) is 6.42 Å². The highest BCUT2D eigenvalue weighted by molar-refractivity contribution is 5.66. The zero-order chi connectivity index (χ0) is 17.9. The van der Waals surface area contributed by atoms with Gasteiger partial charge in [-0.15, -0.1) is 0 Å². The van der Waals surface area contributed by atoms with Gasteiger partial charge in [0.2, 0.25) is 0 Å². The molecular weight excluding hydrogens is 324 g/mol. The van der Waals surface area contributed by atoms with Crippen LogP contribution in [0, 0.1) is 0 Å². The summed E-state index contributed by atoms with van der Waals surface area (Å²) in [4.78, 5) is 15.7. The summed E-state index contributed by atoms with van der Waals surface area (Å²) < 4.78 is 0. The second kappa shape index (κ2) is 7.60. The zero-order valence-corrected chi connectivity index (χ0v) is 15.1. The molecule has 1 heterocycles. The highest BCUT2D eigenvalue weighted by Crippen LogP contribution is 2.37. The summed E-state index contributed by atoms with van der Waals surface area (Å²) in [5.41, 5.74) is 5.80. The van der Waals surface area contributed by atoms with E-state index in [1.807, 2.05) is 0 Å². The highest BCUT2D eigenvalue weighted by Gasteiger charge is 2.30. The molecule has 0 aromatic heterocycles. The number of carboxylic acid groups (broad SMARTS) is 1. The van der Waals surface area contributed by atoms with Crippen molar-refractivity contribution in [1.29, 1.82) is 0 Å². The maximum atomic E-state index is 10.8. The third kappa shape index (κ3) is 3.53. The summed E-state index contributed by atoms with van der Waals surface area (Å²) in [5, 5.41) is 8.91. The van der Waals surface area contributed by atoms with Crippen LogP contribution in [0.2, 0.25) is 0 Å². The molecule has 1 aliphatic heterocycles. The van der Waals surface area contributed by atoms with Crippen LogP contribution in [0.3, 0.4) is 0 Å². The first kappa shape index (κ1) is 17.3. The fraction of sp³-hybridized carbons (Fsp3) is 0.409. The predicted molar refractivity (Wildman–Crippen MR) is 102 cm³/mol. The Morgan fingerprint density at radius 3 is 1.96 bits per heavy atom. The maximum absolute atomic E-state index is 10.8. The number of rotatable bonds is 4. The van der Waals surface area contributed by atoms with E-state index in [2.05, 4.69) is 58.3 Å². The molecular formula is C22H26N2O2. The van der Waals surface area contributed by atoms with Crippen LogP contribution in [0.4, 0.5) is 0 Å². The number of aliphatic carboxylic acids is 1. The minimum absolute atomic E-state index is 0.231. The molecule has 2 aliphatic rings. The van der Waals surface area contributed by atoms with Crippen LogP contribution in [0.15, 0.2) is 48.5 Å². The Balaban J connectivity index is 1.59. The number of nitrogens with zero attached hydrogens (tertiary/aromatic N) is 2. The lowest BCUT2D eigenvalue weighted by molar-refractivity contribution is -0.137. The molecule has 2 aromatic carbocycles. The van der Waals surface area contributed by atoms with Gasteiger partial charge in [0.1, 0.15) is 0 Å². The summed E-state index contributed by atoms with van der Waals surface area (Å²) in [5.74, 6) is -0.709. The third-order valence-electron chi connectivity index (χ3n) is 5.78. The van der Waals surface area contributed by atoms with Crippen LogP contribution in [0.5, 0.6) is 0 Å². The molecule has 136 valence electrons. The van der Waals surface area contributed by atoms with Gasteiger partial charge in [0.25, 0.3) is 0 Å². The van der Waals surface area contributed by atoms with Crippen molar-refractivity contribution in [2.75, 3.05) is 32.7 Å². The number of hydrogen-bond acceptors (Lipinski definition) is 3. The fourth-order valence-corrected chi connectivity index (χ4v) is 4.39. The van der Waals surface area contributed by atoms with Crippen molar-refractivity contribution in [1.82, 2.24) is 9.80 Å². The number of piperazine rings is 1. The van der Waals surface area contributed by atoms with E-state index in [0.717, 1.165) is 39.0 Å². The molecule has 26 heavy (non-hydrogen) atoms. The Morgan fingerprint density at radius 2 is 1.42 bits per heavy atom. The van der Waals surface area contributed by atoms with Gasteiger partial charge in [0.05, 0.1) is 12.5 Å². The summed E-state index contributed by atoms with van der Waals surface area (Å²) in [6, 6.07) is 18.1. The van der Waals surface area contributed by atoms with Crippen molar-refractivity contribution >= 4 is 5.97 Å². The van der Waals surface area contributed by atoms with E-state index in [1.54, 1.807) is 0 Å². The number of carbonyl (C=O) groups is 1. The minimum Gasteiger partial charge on any atom is -0.481 e. The molecule has 1 N–H and O–H groups in total. The van der Waals surface area contributed by atoms with Crippen LogP contribution in [0.25, 0.3) is 0 Å². The largest absolute Gasteiger partial charge is 0.481 e. The Labute approximate surface area is 155 Å². The monoisotopic (exact) mass is 350 g/mol. The highest BCUT2D eigenvalue weighted by atomic mass is 16.4. The lowest BCUT2D eigenvalue weighted by Gasteiger charge is -2.40. The Morgan fingerprint density at radius 1 is 0.885 bits per heavy atom. The Kier molecular flexibility index (Phi) is 5.05. The molecule has 4 nitrogen and oxygen atoms in total. The van der Waals surface area contributed by atoms with Gasteiger partial charge in [-0.2, -0.15) is 0 Å². The van der Waals surface area contributed by atoms with Crippen LogP contribution >= 0.6 is 0 Å². The second-order valence-corrected chi connectivity index (χ2v) is 7.32. The third-order valence-corrected chi connectivity index (χ3v) is 5.78. The van der Waals surface area contributed by atoms with Crippen molar-refractivity contribution in [3.05, 3.63) is 70.8 Å². The molecule has 1 aliphatic carbocycles. The van der Waals surface area contributed by atoms with E-state index in [9.17, 15) is 4.79 Å². The van der Waals surface area contributed by atoms with Crippen LogP contribution in [0.1, 0.15) is 34.7 Å². The molecule has 0 saturated carbocycles. The topological polar surface area (TPSA) is 43.8 Å². The first-order valence-corrected chi connectivity index (χ1v) is 9.56. The van der Waals surface area contributed by atoms with E-state index in [1.165, 1.54) is 22.3 Å². The van der Waals surface area contributed by atoms with Crippen molar-refractivity contribution in [3.8, 4) is 0 Å². The van der Waals surface area contributed by atoms with E-state index >= 15 is 0 Å². The molecule has 4 heteroatoms. The van der Waals surface area contributed by atoms with E-state index < -0.39 is 5.97 Å². The fourth-order valence-electron chi connectivity index (χ4n) is 4.39. The molecule has 1 saturated heterocycles. The smallest absolute Gasteiger partial charge is 0.304 e. The number of fused-ring (bicyclic) bond motifs is 2. The SMILES string of the molecule is O=C(O)CCN1CCN(C2c3ccccc3CCc3ccccc32)CC1. The number of benzene rings is 2. The van der Waals surface area contributed by atoms with Crippen molar-refractivity contribution in [3.63, 3.8) is 0 Å². The average Bonchev–Trinajstić information content (AvgIpc) is 2.84. The number of carboxylic acids is 1. The standard InChI is InChI=1S/C22H26N2O2/c25-21(26)11-12-23-13-15-24(16-14-23)22-19-7-3-1-5-17(19)9-10-18-6-2-4-8-20(18)22/h1-8,22H,9-16H2,(H,25,26). The second-order valence-electron chi connectivity index (χ2n) is 7.32. The Bertz CT molecular complexity index is 734. The van der Waals surface area contributed by atoms with Crippen molar-refractivity contribution < 1.29 is 9.90 Å². The van der Waals surface area contributed by atoms with Crippen molar-refractivity contribution in [2.24, 2.45) is 0 Å². The minimum atomic E-state index is -0.709. The van der Waals surface area contributed by atoms with Gasteiger partial charge >= 0.3 is 5.97 Å². The van der Waals surface area contributed by atoms with Crippen LogP contribution in [-0.4, -0.2) is 53.6 Å². The number of hydrogen-bond donors (Lipinski definition) is 1. The normalized spacial score (nSPS) is 18.8. The van der Waals surface area contributed by atoms with Gasteiger partial charge < -0.3 is 10.0 Å². The number of aryl methyl sites for hydroxylation is 2. The Hall–Kier alpha value is -2.17. The molecule has 4 rings (SSSR count). The van der Waals surface area contributed by atoms with Crippen LogP contribution in [-0.2, 0) is 17.6 Å². The first-order valence-electron chi connectivity index (χ1n) is 9.56. The average molecular weight is 350 g/mol. The van der Waals surface area contributed by atoms with Gasteiger partial charge in [-0.1, -0.05) is 48.5 Å². The molecule has 0 unspecified atom stereocenters. The van der Waals surface area contributed by atoms with Crippen LogP contribution < -0.4 is 0 Å². The van der Waals surface area contributed by atoms with Gasteiger partial charge in [0.15, 0.2) is 0 Å². The lowest BCUT2D eigenvalue weighted by atomic mass is 9.92. The first-order chi connectivity index (χ1) is 12.7. The van der Waals surface area contributed by atoms with E-state index in [0.29, 0.717) is 12.6 Å². The van der Waals surface area contributed by atoms with Gasteiger partial charge in [-0.25, -0.2) is 0 Å². The van der Waals surface area contributed by atoms with Gasteiger partial charge in [-0.3, -0.25) is 9.69 Å². The summed E-state index contributed by atoms with van der Waals surface area (Å²) in [7, 11) is 0. The molecule has 0 radical (unpaired) electrons. The molecule has 0 bridgehead atoms. The van der Waals surface area contributed by atoms with Gasteiger partial charge in [0, 0.05) is 32.7 Å². The lowest BCUT2D eigenvalue weighted by Crippen LogP contribution is -2.48. The summed E-state index contributed by atoms with van der Waals surface area (Å²) >= 11 is 0. The molecule has 1 fully saturated rings. The van der Waals surface area contributed by atoms with Gasteiger partial charge in [-0.05, 0) is 35.1 Å². The van der Waals surface area contributed by atoms with E-state index in [4.69, 9.17) is 5.11 Å². The molecule has 0 atom stereocenters. The quantitative estimate of drug-likeness (QED) is 0.921. The summed E-state index contributed by atoms with van der Waals surface area (Å²) in [6.07, 6.45) is 2.43. The molecule has 0 spiro atoms. The molecule has 0 amide bonds. The zero-order valence-electron chi connectivity index (χ0n) is 15.1. The maximum Gasteiger partial charge on any atom is 0.304 e. The molecule has 2 aromatic rings. The van der Waals surface area contributed by atoms with Crippen molar-refractivity contribution in [2.45, 2.75) is 25.3 Å². The predicted octanol–water partition coefficient (Wildman–Crippen LogP) is 2.97.